The van der Waals surface area contributed by atoms with Crippen molar-refractivity contribution in [2.24, 2.45) is 0 Å². The summed E-state index contributed by atoms with van der Waals surface area (Å²) in [6.45, 7) is 6.27. The van der Waals surface area contributed by atoms with Crippen LogP contribution in [0.3, 0.4) is 0 Å². The van der Waals surface area contributed by atoms with E-state index in [4.69, 9.17) is 4.42 Å². The van der Waals surface area contributed by atoms with Crippen LogP contribution in [0.5, 0.6) is 0 Å². The Labute approximate surface area is 161 Å². The van der Waals surface area contributed by atoms with Gasteiger partial charge in [0.15, 0.2) is 5.58 Å². The molecular weight excluding hydrogens is 354 g/mol. The standard InChI is InChI=1S/C21H21N5O2/c1-12(2)14-4-6-15(7-5-14)24-20-22-11-13(3)19(26-20)23-16-8-9-18-17(10-16)25-21(27)28-18/h4-12H,1-3H3,(H,25,27)(H2,22,23,24,26). The van der Waals surface area contributed by atoms with E-state index >= 15 is 0 Å². The molecule has 0 saturated heterocycles. The van der Waals surface area contributed by atoms with Crippen LogP contribution in [-0.4, -0.2) is 15.0 Å². The number of aromatic amines is 1. The molecular formula is C21H21N5O2. The molecule has 2 aromatic heterocycles. The van der Waals surface area contributed by atoms with Crippen molar-refractivity contribution in [3.63, 3.8) is 0 Å². The van der Waals surface area contributed by atoms with E-state index < -0.39 is 5.76 Å². The highest BCUT2D eigenvalue weighted by Gasteiger charge is 2.08. The fourth-order valence-electron chi connectivity index (χ4n) is 2.88. The maximum absolute atomic E-state index is 11.3. The van der Waals surface area contributed by atoms with Crippen LogP contribution in [0, 0.1) is 6.92 Å². The zero-order chi connectivity index (χ0) is 19.7. The van der Waals surface area contributed by atoms with Gasteiger partial charge in [-0.1, -0.05) is 26.0 Å². The van der Waals surface area contributed by atoms with Gasteiger partial charge in [0.1, 0.15) is 5.82 Å². The average Bonchev–Trinajstić information content (AvgIpc) is 3.04. The zero-order valence-electron chi connectivity index (χ0n) is 15.9. The predicted octanol–water partition coefficient (Wildman–Crippen LogP) is 4.83. The molecule has 0 saturated carbocycles. The van der Waals surface area contributed by atoms with Gasteiger partial charge in [-0.15, -0.1) is 0 Å². The highest BCUT2D eigenvalue weighted by Crippen LogP contribution is 2.24. The van der Waals surface area contributed by atoms with Crippen molar-refractivity contribution in [3.05, 3.63) is 70.3 Å². The molecule has 28 heavy (non-hydrogen) atoms. The molecule has 0 radical (unpaired) electrons. The number of oxazole rings is 1. The van der Waals surface area contributed by atoms with Crippen molar-refractivity contribution in [2.75, 3.05) is 10.6 Å². The molecule has 2 aromatic carbocycles. The van der Waals surface area contributed by atoms with Gasteiger partial charge in [-0.25, -0.2) is 9.78 Å². The van der Waals surface area contributed by atoms with Crippen LogP contribution in [0.1, 0.15) is 30.9 Å². The van der Waals surface area contributed by atoms with Crippen LogP contribution in [0.2, 0.25) is 0 Å². The summed E-state index contributed by atoms with van der Waals surface area (Å²) in [5.41, 5.74) is 5.05. The van der Waals surface area contributed by atoms with Gasteiger partial charge in [0, 0.05) is 23.1 Å². The van der Waals surface area contributed by atoms with E-state index in [1.165, 1.54) is 5.56 Å². The number of aromatic nitrogens is 3. The Balaban J connectivity index is 1.56. The van der Waals surface area contributed by atoms with Crippen LogP contribution in [0.4, 0.5) is 23.1 Å². The van der Waals surface area contributed by atoms with Crippen molar-refractivity contribution in [2.45, 2.75) is 26.7 Å². The summed E-state index contributed by atoms with van der Waals surface area (Å²) < 4.78 is 5.03. The van der Waals surface area contributed by atoms with Crippen molar-refractivity contribution < 1.29 is 4.42 Å². The fraction of sp³-hybridized carbons (Fsp3) is 0.190. The van der Waals surface area contributed by atoms with E-state index in [0.29, 0.717) is 28.8 Å². The van der Waals surface area contributed by atoms with Gasteiger partial charge in [-0.3, -0.25) is 4.98 Å². The van der Waals surface area contributed by atoms with Gasteiger partial charge < -0.3 is 15.1 Å². The summed E-state index contributed by atoms with van der Waals surface area (Å²) >= 11 is 0. The van der Waals surface area contributed by atoms with E-state index in [1.807, 2.05) is 25.1 Å². The monoisotopic (exact) mass is 375 g/mol. The first kappa shape index (κ1) is 17.8. The van der Waals surface area contributed by atoms with Gasteiger partial charge in [0.05, 0.1) is 5.52 Å². The number of nitrogens with zero attached hydrogens (tertiary/aromatic N) is 2. The van der Waals surface area contributed by atoms with Crippen molar-refractivity contribution in [3.8, 4) is 0 Å². The quantitative estimate of drug-likeness (QED) is 0.462. The highest BCUT2D eigenvalue weighted by atomic mass is 16.4. The third-order valence-corrected chi connectivity index (χ3v) is 4.49. The van der Waals surface area contributed by atoms with Crippen molar-refractivity contribution in [1.29, 1.82) is 0 Å². The number of aryl methyl sites for hydroxylation is 1. The van der Waals surface area contributed by atoms with Gasteiger partial charge in [-0.05, 0) is 48.7 Å². The summed E-state index contributed by atoms with van der Waals surface area (Å²) in [4.78, 5) is 22.9. The average molecular weight is 375 g/mol. The molecule has 2 heterocycles. The molecule has 4 rings (SSSR count). The minimum absolute atomic E-state index is 0.472. The molecule has 0 aliphatic rings. The SMILES string of the molecule is Cc1cnc(Nc2ccc(C(C)C)cc2)nc1Nc1ccc2oc(=O)[nH]c2c1. The Kier molecular flexibility index (Phi) is 4.57. The van der Waals surface area contributed by atoms with Crippen LogP contribution in [0.15, 0.2) is 57.9 Å². The summed E-state index contributed by atoms with van der Waals surface area (Å²) in [6, 6.07) is 13.6. The van der Waals surface area contributed by atoms with E-state index in [1.54, 1.807) is 18.3 Å². The zero-order valence-corrected chi connectivity index (χ0v) is 15.9. The lowest BCUT2D eigenvalue weighted by Crippen LogP contribution is -2.03. The number of hydrogen-bond donors (Lipinski definition) is 3. The number of fused-ring (bicyclic) bond motifs is 1. The molecule has 0 unspecified atom stereocenters. The van der Waals surface area contributed by atoms with Gasteiger partial charge in [0.25, 0.3) is 0 Å². The highest BCUT2D eigenvalue weighted by molar-refractivity contribution is 5.78. The van der Waals surface area contributed by atoms with E-state index in [-0.39, 0.29) is 0 Å². The normalized spacial score (nSPS) is 11.1. The van der Waals surface area contributed by atoms with Gasteiger partial charge in [0.2, 0.25) is 5.95 Å². The van der Waals surface area contributed by atoms with Gasteiger partial charge >= 0.3 is 5.76 Å². The summed E-state index contributed by atoms with van der Waals surface area (Å²) in [6.07, 6.45) is 1.76. The third kappa shape index (κ3) is 3.73. The molecule has 0 aliphatic carbocycles. The minimum atomic E-state index is -0.472. The van der Waals surface area contributed by atoms with Crippen molar-refractivity contribution >= 4 is 34.2 Å². The van der Waals surface area contributed by atoms with Crippen LogP contribution < -0.4 is 16.4 Å². The largest absolute Gasteiger partial charge is 0.417 e. The first-order chi connectivity index (χ1) is 13.5. The molecule has 4 aromatic rings. The first-order valence-corrected chi connectivity index (χ1v) is 9.08. The Hall–Kier alpha value is -3.61. The molecule has 0 spiro atoms. The minimum Gasteiger partial charge on any atom is -0.408 e. The number of benzene rings is 2. The lowest BCUT2D eigenvalue weighted by Gasteiger charge is -2.12. The number of H-pyrrole nitrogens is 1. The van der Waals surface area contributed by atoms with E-state index in [0.717, 1.165) is 16.9 Å². The molecule has 7 heteroatoms. The number of rotatable bonds is 5. The smallest absolute Gasteiger partial charge is 0.408 e. The Morgan fingerprint density at radius 2 is 1.79 bits per heavy atom. The predicted molar refractivity (Wildman–Crippen MR) is 111 cm³/mol. The van der Waals surface area contributed by atoms with Crippen LogP contribution in [-0.2, 0) is 0 Å². The molecule has 7 nitrogen and oxygen atoms in total. The second kappa shape index (κ2) is 7.19. The number of hydrogen-bond acceptors (Lipinski definition) is 6. The van der Waals surface area contributed by atoms with Crippen molar-refractivity contribution in [1.82, 2.24) is 15.0 Å². The lowest BCUT2D eigenvalue weighted by molar-refractivity contribution is 0.555. The Bertz CT molecular complexity index is 1180. The molecule has 0 bridgehead atoms. The summed E-state index contributed by atoms with van der Waals surface area (Å²) in [7, 11) is 0. The maximum atomic E-state index is 11.3. The van der Waals surface area contributed by atoms with Crippen LogP contribution >= 0.6 is 0 Å². The third-order valence-electron chi connectivity index (χ3n) is 4.49. The molecule has 0 amide bonds. The molecule has 0 fully saturated rings. The number of nitrogens with one attached hydrogen (secondary N) is 3. The topological polar surface area (TPSA) is 95.8 Å². The fourth-order valence-corrected chi connectivity index (χ4v) is 2.88. The van der Waals surface area contributed by atoms with E-state index in [9.17, 15) is 4.79 Å². The van der Waals surface area contributed by atoms with E-state index in [2.05, 4.69) is 51.6 Å². The Morgan fingerprint density at radius 1 is 1.04 bits per heavy atom. The lowest BCUT2D eigenvalue weighted by atomic mass is 10.0. The first-order valence-electron chi connectivity index (χ1n) is 9.08. The summed E-state index contributed by atoms with van der Waals surface area (Å²) in [5.74, 6) is 1.20. The summed E-state index contributed by atoms with van der Waals surface area (Å²) in [5, 5.41) is 6.50. The Morgan fingerprint density at radius 3 is 2.54 bits per heavy atom. The maximum Gasteiger partial charge on any atom is 0.417 e. The molecule has 142 valence electrons. The molecule has 0 aliphatic heterocycles. The second-order valence-corrected chi connectivity index (χ2v) is 6.98. The number of anilines is 4. The molecule has 0 atom stereocenters. The second-order valence-electron chi connectivity index (χ2n) is 6.98. The molecule has 3 N–H and O–H groups in total. The van der Waals surface area contributed by atoms with Gasteiger partial charge in [-0.2, -0.15) is 4.98 Å². The van der Waals surface area contributed by atoms with Crippen LogP contribution in [0.25, 0.3) is 11.1 Å².